The molecule has 0 saturated heterocycles. The van der Waals surface area contributed by atoms with E-state index >= 15 is 0 Å². The third-order valence-electron chi connectivity index (χ3n) is 3.32. The molecule has 0 atom stereocenters. The molecular formula is C16H14O4S. The molecule has 0 radical (unpaired) electrons. The van der Waals surface area contributed by atoms with Gasteiger partial charge in [-0.15, -0.1) is 0 Å². The number of hydrogen-bond donors (Lipinski definition) is 1. The molecule has 0 spiro atoms. The Morgan fingerprint density at radius 1 is 1.10 bits per heavy atom. The maximum absolute atomic E-state index is 12.1. The van der Waals surface area contributed by atoms with Crippen LogP contribution in [0.4, 0.5) is 0 Å². The molecule has 1 heterocycles. The van der Waals surface area contributed by atoms with Crippen molar-refractivity contribution in [1.29, 1.82) is 0 Å². The van der Waals surface area contributed by atoms with Crippen LogP contribution in [0.2, 0.25) is 0 Å². The van der Waals surface area contributed by atoms with E-state index in [1.807, 2.05) is 13.0 Å². The number of phenolic OH excluding ortho intramolecular Hbond substituents is 1. The van der Waals surface area contributed by atoms with Gasteiger partial charge in [0.05, 0.1) is 4.90 Å². The number of benzene rings is 2. The van der Waals surface area contributed by atoms with E-state index in [0.29, 0.717) is 21.8 Å². The number of sulfone groups is 1. The van der Waals surface area contributed by atoms with Crippen molar-refractivity contribution < 1.29 is 18.3 Å². The van der Waals surface area contributed by atoms with Gasteiger partial charge in [0.15, 0.2) is 0 Å². The highest BCUT2D eigenvalue weighted by molar-refractivity contribution is 7.95. The summed E-state index contributed by atoms with van der Waals surface area (Å²) in [5.74, 6) is 0.734. The summed E-state index contributed by atoms with van der Waals surface area (Å²) in [6.45, 7) is 2.03. The van der Waals surface area contributed by atoms with Gasteiger partial charge in [0.2, 0.25) is 9.84 Å². The van der Waals surface area contributed by atoms with Crippen LogP contribution in [0.15, 0.2) is 52.8 Å². The van der Waals surface area contributed by atoms with Crippen molar-refractivity contribution in [2.24, 2.45) is 0 Å². The lowest BCUT2D eigenvalue weighted by molar-refractivity contribution is 0.368. The van der Waals surface area contributed by atoms with Gasteiger partial charge in [-0.2, -0.15) is 0 Å². The number of ether oxygens (including phenoxy) is 1. The lowest BCUT2D eigenvalue weighted by atomic mass is 10.1. The van der Waals surface area contributed by atoms with Crippen molar-refractivity contribution in [2.45, 2.75) is 11.8 Å². The maximum Gasteiger partial charge on any atom is 0.200 e. The Bertz CT molecular complexity index is 818. The van der Waals surface area contributed by atoms with Crippen LogP contribution in [0, 0.1) is 6.92 Å². The largest absolute Gasteiger partial charge is 0.508 e. The summed E-state index contributed by atoms with van der Waals surface area (Å²) in [7, 11) is -3.37. The van der Waals surface area contributed by atoms with Crippen LogP contribution in [-0.4, -0.2) is 20.1 Å². The van der Waals surface area contributed by atoms with Crippen LogP contribution in [0.3, 0.4) is 0 Å². The van der Waals surface area contributed by atoms with Crippen molar-refractivity contribution >= 4 is 15.4 Å². The average molecular weight is 302 g/mol. The SMILES string of the molecule is Cc1ccc2c(c1)S(=O)(=O)C=C2COc1ccc(O)cc1. The van der Waals surface area contributed by atoms with Gasteiger partial charge in [0, 0.05) is 16.5 Å². The smallest absolute Gasteiger partial charge is 0.200 e. The minimum absolute atomic E-state index is 0.158. The summed E-state index contributed by atoms with van der Waals surface area (Å²) in [6, 6.07) is 11.7. The second kappa shape index (κ2) is 4.93. The van der Waals surface area contributed by atoms with Crippen molar-refractivity contribution in [3.05, 3.63) is 59.0 Å². The summed E-state index contributed by atoms with van der Waals surface area (Å²) in [5.41, 5.74) is 2.24. The van der Waals surface area contributed by atoms with Crippen molar-refractivity contribution in [1.82, 2.24) is 0 Å². The van der Waals surface area contributed by atoms with E-state index in [1.165, 1.54) is 17.5 Å². The number of aryl methyl sites for hydroxylation is 1. The highest BCUT2D eigenvalue weighted by Crippen LogP contribution is 2.34. The van der Waals surface area contributed by atoms with Gasteiger partial charge >= 0.3 is 0 Å². The van der Waals surface area contributed by atoms with E-state index in [2.05, 4.69) is 0 Å². The Morgan fingerprint density at radius 2 is 1.81 bits per heavy atom. The van der Waals surface area contributed by atoms with Crippen molar-refractivity contribution in [3.63, 3.8) is 0 Å². The third kappa shape index (κ3) is 2.64. The Labute approximate surface area is 123 Å². The summed E-state index contributed by atoms with van der Waals surface area (Å²) in [6.07, 6.45) is 0. The van der Waals surface area contributed by atoms with Gasteiger partial charge < -0.3 is 9.84 Å². The topological polar surface area (TPSA) is 63.6 Å². The van der Waals surface area contributed by atoms with Gasteiger partial charge in [-0.25, -0.2) is 8.42 Å². The quantitative estimate of drug-likeness (QED) is 0.947. The fourth-order valence-corrected chi connectivity index (χ4v) is 3.81. The van der Waals surface area contributed by atoms with E-state index < -0.39 is 9.84 Å². The fraction of sp³-hybridized carbons (Fsp3) is 0.125. The lowest BCUT2D eigenvalue weighted by Gasteiger charge is -2.08. The van der Waals surface area contributed by atoms with Crippen LogP contribution in [0.25, 0.3) is 5.57 Å². The van der Waals surface area contributed by atoms with Gasteiger partial charge in [0.25, 0.3) is 0 Å². The molecule has 2 aromatic carbocycles. The van der Waals surface area contributed by atoms with Crippen LogP contribution >= 0.6 is 0 Å². The van der Waals surface area contributed by atoms with E-state index in [4.69, 9.17) is 4.74 Å². The first-order valence-corrected chi connectivity index (χ1v) is 7.99. The molecule has 3 rings (SSSR count). The third-order valence-corrected chi connectivity index (χ3v) is 4.86. The number of phenols is 1. The lowest BCUT2D eigenvalue weighted by Crippen LogP contribution is -1.99. The van der Waals surface area contributed by atoms with Crippen LogP contribution in [-0.2, 0) is 9.84 Å². The molecule has 0 saturated carbocycles. The summed E-state index contributed by atoms with van der Waals surface area (Å²) >= 11 is 0. The second-order valence-corrected chi connectivity index (χ2v) is 6.74. The zero-order chi connectivity index (χ0) is 15.0. The predicted octanol–water partition coefficient (Wildman–Crippen LogP) is 2.91. The van der Waals surface area contributed by atoms with Crippen LogP contribution in [0.1, 0.15) is 11.1 Å². The molecule has 2 aromatic rings. The molecule has 4 nitrogen and oxygen atoms in total. The molecule has 0 aliphatic carbocycles. The number of fused-ring (bicyclic) bond motifs is 1. The predicted molar refractivity (Wildman–Crippen MR) is 79.9 cm³/mol. The van der Waals surface area contributed by atoms with Crippen molar-refractivity contribution in [2.75, 3.05) is 6.61 Å². The minimum Gasteiger partial charge on any atom is -0.508 e. The normalized spacial score (nSPS) is 15.4. The minimum atomic E-state index is -3.37. The first-order chi connectivity index (χ1) is 9.95. The van der Waals surface area contributed by atoms with E-state index in [0.717, 1.165) is 5.56 Å². The molecule has 1 aliphatic heterocycles. The van der Waals surface area contributed by atoms with E-state index in [9.17, 15) is 13.5 Å². The molecule has 108 valence electrons. The Kier molecular flexibility index (Phi) is 3.22. The summed E-state index contributed by atoms with van der Waals surface area (Å²) < 4.78 is 29.8. The monoisotopic (exact) mass is 302 g/mol. The molecule has 5 heteroatoms. The highest BCUT2D eigenvalue weighted by atomic mass is 32.2. The van der Waals surface area contributed by atoms with E-state index in [-0.39, 0.29) is 12.4 Å². The molecule has 0 fully saturated rings. The molecule has 0 aromatic heterocycles. The Morgan fingerprint density at radius 3 is 2.52 bits per heavy atom. The van der Waals surface area contributed by atoms with E-state index in [1.54, 1.807) is 24.3 Å². The van der Waals surface area contributed by atoms with Crippen LogP contribution in [0.5, 0.6) is 11.5 Å². The van der Waals surface area contributed by atoms with Gasteiger partial charge in [-0.05, 0) is 42.8 Å². The number of aromatic hydroxyl groups is 1. The standard InChI is InChI=1S/C16H14O4S/c1-11-2-7-15-12(10-21(18,19)16(15)8-11)9-20-14-5-3-13(17)4-6-14/h2-8,10,17H,9H2,1H3. The zero-order valence-electron chi connectivity index (χ0n) is 11.4. The summed E-state index contributed by atoms with van der Waals surface area (Å²) in [4.78, 5) is 0.340. The number of rotatable bonds is 3. The molecule has 0 amide bonds. The average Bonchev–Trinajstić information content (AvgIpc) is 2.69. The Balaban J connectivity index is 1.86. The number of hydrogen-bond acceptors (Lipinski definition) is 4. The fourth-order valence-electron chi connectivity index (χ4n) is 2.26. The molecule has 1 N–H and O–H groups in total. The van der Waals surface area contributed by atoms with Crippen molar-refractivity contribution in [3.8, 4) is 11.5 Å². The second-order valence-electron chi connectivity index (χ2n) is 4.97. The first-order valence-electron chi connectivity index (χ1n) is 6.44. The molecule has 0 bridgehead atoms. The Hall–Kier alpha value is -2.27. The molecule has 21 heavy (non-hydrogen) atoms. The summed E-state index contributed by atoms with van der Waals surface area (Å²) in [5, 5.41) is 10.5. The molecule has 1 aliphatic rings. The molecular weight excluding hydrogens is 288 g/mol. The van der Waals surface area contributed by atoms with Crippen LogP contribution < -0.4 is 4.74 Å². The molecule has 0 unspecified atom stereocenters. The first kappa shape index (κ1) is 13.7. The maximum atomic E-state index is 12.1. The van der Waals surface area contributed by atoms with Gasteiger partial charge in [0.1, 0.15) is 18.1 Å². The highest BCUT2D eigenvalue weighted by Gasteiger charge is 2.27. The van der Waals surface area contributed by atoms with Gasteiger partial charge in [-0.1, -0.05) is 12.1 Å². The van der Waals surface area contributed by atoms with Gasteiger partial charge in [-0.3, -0.25) is 0 Å². The zero-order valence-corrected chi connectivity index (χ0v) is 12.2.